The van der Waals surface area contributed by atoms with Gasteiger partial charge in [-0.2, -0.15) is 0 Å². The number of hydrogen-bond acceptors (Lipinski definition) is 2. The number of rotatable bonds is 8. The van der Waals surface area contributed by atoms with Crippen molar-refractivity contribution in [3.63, 3.8) is 0 Å². The van der Waals surface area contributed by atoms with Crippen LogP contribution >= 0.6 is 0 Å². The summed E-state index contributed by atoms with van der Waals surface area (Å²) in [7, 11) is 2.17. The summed E-state index contributed by atoms with van der Waals surface area (Å²) in [5, 5.41) is 3.46. The number of nitrogens with zero attached hydrogens (tertiary/aromatic N) is 1. The summed E-state index contributed by atoms with van der Waals surface area (Å²) in [5.74, 6) is 0.487. The zero-order valence-corrected chi connectivity index (χ0v) is 13.5. The number of benzene rings is 1. The largest absolute Gasteiger partial charge is 0.310 e. The monoisotopic (exact) mass is 280 g/mol. The molecule has 20 heavy (non-hydrogen) atoms. The molecule has 1 rings (SSSR count). The van der Waals surface area contributed by atoms with E-state index in [-0.39, 0.29) is 11.9 Å². The molecule has 0 saturated carbocycles. The molecule has 114 valence electrons. The van der Waals surface area contributed by atoms with Crippen molar-refractivity contribution >= 4 is 0 Å². The van der Waals surface area contributed by atoms with Crippen molar-refractivity contribution < 1.29 is 4.39 Å². The van der Waals surface area contributed by atoms with Crippen molar-refractivity contribution in [3.8, 4) is 0 Å². The number of halogens is 1. The van der Waals surface area contributed by atoms with E-state index in [1.165, 1.54) is 6.07 Å². The second kappa shape index (κ2) is 8.38. The summed E-state index contributed by atoms with van der Waals surface area (Å²) >= 11 is 0. The van der Waals surface area contributed by atoms with Crippen LogP contribution < -0.4 is 5.32 Å². The molecule has 0 heterocycles. The van der Waals surface area contributed by atoms with Gasteiger partial charge in [0.1, 0.15) is 5.82 Å². The summed E-state index contributed by atoms with van der Waals surface area (Å²) < 4.78 is 13.4. The van der Waals surface area contributed by atoms with Gasteiger partial charge in [0, 0.05) is 12.1 Å². The normalized spacial score (nSPS) is 14.8. The summed E-state index contributed by atoms with van der Waals surface area (Å²) in [6.07, 6.45) is 0.991. The van der Waals surface area contributed by atoms with Gasteiger partial charge in [-0.15, -0.1) is 0 Å². The third-order valence-electron chi connectivity index (χ3n) is 4.13. The van der Waals surface area contributed by atoms with Crippen LogP contribution in [0.4, 0.5) is 4.39 Å². The lowest BCUT2D eigenvalue weighted by Gasteiger charge is -2.29. The van der Waals surface area contributed by atoms with Crippen LogP contribution in [0.5, 0.6) is 0 Å². The molecule has 1 aromatic carbocycles. The average Bonchev–Trinajstić information content (AvgIpc) is 2.42. The molecule has 0 saturated heterocycles. The first kappa shape index (κ1) is 17.1. The maximum Gasteiger partial charge on any atom is 0.123 e. The molecule has 2 atom stereocenters. The molecule has 0 amide bonds. The Balaban J connectivity index is 2.64. The van der Waals surface area contributed by atoms with Crippen molar-refractivity contribution in [3.05, 3.63) is 35.6 Å². The molecule has 0 bridgehead atoms. The maximum atomic E-state index is 13.4. The molecule has 0 spiro atoms. The van der Waals surface area contributed by atoms with Crippen LogP contribution in [0.25, 0.3) is 0 Å². The quantitative estimate of drug-likeness (QED) is 0.778. The second-order valence-corrected chi connectivity index (χ2v) is 5.92. The zero-order valence-electron chi connectivity index (χ0n) is 13.5. The lowest BCUT2D eigenvalue weighted by atomic mass is 10.0. The van der Waals surface area contributed by atoms with E-state index >= 15 is 0 Å². The van der Waals surface area contributed by atoms with Gasteiger partial charge in [-0.1, -0.05) is 32.9 Å². The van der Waals surface area contributed by atoms with E-state index in [9.17, 15) is 4.39 Å². The van der Waals surface area contributed by atoms with E-state index in [1.54, 1.807) is 12.1 Å². The van der Waals surface area contributed by atoms with Crippen LogP contribution in [0.15, 0.2) is 24.3 Å². The van der Waals surface area contributed by atoms with Gasteiger partial charge in [0.05, 0.1) is 0 Å². The Morgan fingerprint density at radius 2 is 1.95 bits per heavy atom. The van der Waals surface area contributed by atoms with Crippen molar-refractivity contribution in [2.24, 2.45) is 5.92 Å². The van der Waals surface area contributed by atoms with Crippen molar-refractivity contribution in [2.75, 3.05) is 20.1 Å². The van der Waals surface area contributed by atoms with Gasteiger partial charge in [-0.25, -0.2) is 4.39 Å². The fraction of sp³-hybridized carbons (Fsp3) is 0.647. The van der Waals surface area contributed by atoms with Gasteiger partial charge in [0.25, 0.3) is 0 Å². The van der Waals surface area contributed by atoms with Crippen LogP contribution in [0.2, 0.25) is 0 Å². The van der Waals surface area contributed by atoms with Crippen LogP contribution in [-0.2, 0) is 0 Å². The van der Waals surface area contributed by atoms with Crippen molar-refractivity contribution in [1.82, 2.24) is 10.2 Å². The fourth-order valence-electron chi connectivity index (χ4n) is 2.40. The third-order valence-corrected chi connectivity index (χ3v) is 4.13. The van der Waals surface area contributed by atoms with Crippen LogP contribution in [0.1, 0.15) is 45.7 Å². The second-order valence-electron chi connectivity index (χ2n) is 5.92. The molecule has 3 heteroatoms. The third kappa shape index (κ3) is 5.22. The molecule has 0 aliphatic carbocycles. The minimum absolute atomic E-state index is 0.158. The molecule has 2 unspecified atom stereocenters. The lowest BCUT2D eigenvalue weighted by molar-refractivity contribution is 0.198. The van der Waals surface area contributed by atoms with Gasteiger partial charge < -0.3 is 10.2 Å². The molecule has 0 aliphatic heterocycles. The van der Waals surface area contributed by atoms with E-state index in [0.717, 1.165) is 25.1 Å². The van der Waals surface area contributed by atoms with Crippen molar-refractivity contribution in [1.29, 1.82) is 0 Å². The van der Waals surface area contributed by atoms with E-state index in [4.69, 9.17) is 0 Å². The summed E-state index contributed by atoms with van der Waals surface area (Å²) in [6.45, 7) is 10.7. The SMILES string of the molecule is CCNC(CCN(C)C(C)C(C)C)c1cccc(F)c1. The average molecular weight is 280 g/mol. The Hall–Kier alpha value is -0.930. The topological polar surface area (TPSA) is 15.3 Å². The highest BCUT2D eigenvalue weighted by atomic mass is 19.1. The Labute approximate surface area is 123 Å². The first-order chi connectivity index (χ1) is 9.45. The van der Waals surface area contributed by atoms with E-state index in [0.29, 0.717) is 12.0 Å². The zero-order chi connectivity index (χ0) is 15.1. The van der Waals surface area contributed by atoms with Crippen LogP contribution in [-0.4, -0.2) is 31.1 Å². The Morgan fingerprint density at radius 3 is 2.50 bits per heavy atom. The van der Waals surface area contributed by atoms with Gasteiger partial charge in [0.15, 0.2) is 0 Å². The Morgan fingerprint density at radius 1 is 1.25 bits per heavy atom. The minimum atomic E-state index is -0.158. The standard InChI is InChI=1S/C17H29FN2/c1-6-19-17(15-8-7-9-16(18)12-15)10-11-20(5)14(4)13(2)3/h7-9,12-14,17,19H,6,10-11H2,1-5H3. The molecule has 0 aromatic heterocycles. The summed E-state index contributed by atoms with van der Waals surface area (Å²) in [4.78, 5) is 2.38. The maximum absolute atomic E-state index is 13.4. The summed E-state index contributed by atoms with van der Waals surface area (Å²) in [6, 6.07) is 7.71. The van der Waals surface area contributed by atoms with E-state index in [2.05, 4.69) is 45.0 Å². The molecular formula is C17H29FN2. The van der Waals surface area contributed by atoms with Crippen molar-refractivity contribution in [2.45, 2.75) is 46.2 Å². The lowest BCUT2D eigenvalue weighted by Crippen LogP contribution is -2.36. The highest BCUT2D eigenvalue weighted by molar-refractivity contribution is 5.20. The highest BCUT2D eigenvalue weighted by Crippen LogP contribution is 2.19. The molecule has 1 aromatic rings. The van der Waals surface area contributed by atoms with Gasteiger partial charge in [0.2, 0.25) is 0 Å². The van der Waals surface area contributed by atoms with Crippen LogP contribution in [0.3, 0.4) is 0 Å². The van der Waals surface area contributed by atoms with Gasteiger partial charge in [-0.3, -0.25) is 0 Å². The van der Waals surface area contributed by atoms with Crippen LogP contribution in [0, 0.1) is 11.7 Å². The Kier molecular flexibility index (Phi) is 7.17. The molecule has 2 nitrogen and oxygen atoms in total. The minimum Gasteiger partial charge on any atom is -0.310 e. The first-order valence-electron chi connectivity index (χ1n) is 7.64. The van der Waals surface area contributed by atoms with Gasteiger partial charge in [-0.05, 0) is 57.1 Å². The van der Waals surface area contributed by atoms with Gasteiger partial charge >= 0.3 is 0 Å². The first-order valence-corrected chi connectivity index (χ1v) is 7.64. The molecular weight excluding hydrogens is 251 g/mol. The predicted molar refractivity (Wildman–Crippen MR) is 84.4 cm³/mol. The molecule has 0 radical (unpaired) electrons. The molecule has 0 aliphatic rings. The number of nitrogens with one attached hydrogen (secondary N) is 1. The fourth-order valence-corrected chi connectivity index (χ4v) is 2.40. The molecule has 1 N–H and O–H groups in total. The van der Waals surface area contributed by atoms with E-state index in [1.807, 2.05) is 6.07 Å². The predicted octanol–water partition coefficient (Wildman–Crippen LogP) is 3.84. The number of hydrogen-bond donors (Lipinski definition) is 1. The molecule has 0 fully saturated rings. The van der Waals surface area contributed by atoms with E-state index < -0.39 is 0 Å². The smallest absolute Gasteiger partial charge is 0.123 e. The summed E-state index contributed by atoms with van der Waals surface area (Å²) in [5.41, 5.74) is 1.04. The Bertz CT molecular complexity index is 392. The highest BCUT2D eigenvalue weighted by Gasteiger charge is 2.16.